The molecule has 42 heavy (non-hydrogen) atoms. The molecule has 0 aliphatic carbocycles. The number of halogens is 1. The highest BCUT2D eigenvalue weighted by Gasteiger charge is 2.35. The summed E-state index contributed by atoms with van der Waals surface area (Å²) >= 11 is 0. The van der Waals surface area contributed by atoms with Crippen molar-refractivity contribution in [3.63, 3.8) is 0 Å². The molecule has 0 amide bonds. The number of nitrogens with zero attached hydrogens (tertiary/aromatic N) is 1. The molecule has 7 rings (SSSR count). The number of fused-ring (bicyclic) bond motifs is 5. The van der Waals surface area contributed by atoms with Gasteiger partial charge in [0.15, 0.2) is 0 Å². The number of aromatic nitrogens is 1. The topological polar surface area (TPSA) is 26.0 Å². The number of benzene rings is 5. The first-order valence-electron chi connectivity index (χ1n) is 14.4. The summed E-state index contributed by atoms with van der Waals surface area (Å²) in [5, 5.41) is 8.14. The standard InChI is InChI=1S/C37H32FNOSi2/c1-41(2,3)28-20-21-39-34(24-28)32-17-11-16-30-31-19-18-25-22-29(23-33(38)35(25)37(31)40-36(30)32)42(4,26-12-7-5-8-13-26)27-14-9-6-10-15-27/h5-24H,1-4H3. The molecule has 0 aliphatic heterocycles. The van der Waals surface area contributed by atoms with E-state index in [2.05, 4.69) is 111 Å². The van der Waals surface area contributed by atoms with Crippen molar-refractivity contribution < 1.29 is 8.81 Å². The zero-order chi connectivity index (χ0) is 29.1. The molecule has 0 aliphatic rings. The number of hydrogen-bond donors (Lipinski definition) is 0. The van der Waals surface area contributed by atoms with Crippen LogP contribution in [-0.2, 0) is 0 Å². The van der Waals surface area contributed by atoms with Gasteiger partial charge in [-0.15, -0.1) is 0 Å². The third kappa shape index (κ3) is 4.23. The number of para-hydroxylation sites is 1. The van der Waals surface area contributed by atoms with Gasteiger partial charge >= 0.3 is 0 Å². The van der Waals surface area contributed by atoms with E-state index in [1.807, 2.05) is 30.5 Å². The van der Waals surface area contributed by atoms with E-state index in [-0.39, 0.29) is 5.82 Å². The van der Waals surface area contributed by atoms with Crippen molar-refractivity contribution in [3.8, 4) is 11.3 Å². The Hall–Kier alpha value is -4.33. The quantitative estimate of drug-likeness (QED) is 0.155. The molecule has 7 aromatic rings. The molecule has 2 heterocycles. The van der Waals surface area contributed by atoms with Crippen LogP contribution in [0.5, 0.6) is 0 Å². The lowest BCUT2D eigenvalue weighted by Gasteiger charge is -2.30. The maximum atomic E-state index is 16.4. The molecular weight excluding hydrogens is 550 g/mol. The zero-order valence-electron chi connectivity index (χ0n) is 24.3. The fraction of sp³-hybridized carbons (Fsp3) is 0.108. The van der Waals surface area contributed by atoms with Gasteiger partial charge in [-0.3, -0.25) is 4.98 Å². The summed E-state index contributed by atoms with van der Waals surface area (Å²) in [7, 11) is -4.00. The van der Waals surface area contributed by atoms with E-state index in [9.17, 15) is 0 Å². The average molecular weight is 582 g/mol. The van der Waals surface area contributed by atoms with E-state index in [1.54, 1.807) is 6.07 Å². The lowest BCUT2D eigenvalue weighted by Crippen LogP contribution is -2.64. The van der Waals surface area contributed by atoms with Crippen LogP contribution in [0.4, 0.5) is 4.39 Å². The molecule has 5 aromatic carbocycles. The minimum absolute atomic E-state index is 0.252. The summed E-state index contributed by atoms with van der Waals surface area (Å²) in [6.45, 7) is 9.31. The van der Waals surface area contributed by atoms with Crippen LogP contribution in [0.25, 0.3) is 44.0 Å². The van der Waals surface area contributed by atoms with E-state index in [0.717, 1.165) is 38.2 Å². The third-order valence-electron chi connectivity index (χ3n) is 8.71. The fourth-order valence-electron chi connectivity index (χ4n) is 6.24. The third-order valence-corrected chi connectivity index (χ3v) is 15.2. The van der Waals surface area contributed by atoms with Crippen molar-refractivity contribution in [3.05, 3.63) is 127 Å². The van der Waals surface area contributed by atoms with Gasteiger partial charge in [0, 0.05) is 22.5 Å². The first-order chi connectivity index (χ1) is 20.2. The maximum Gasteiger partial charge on any atom is 0.146 e. The molecule has 0 fully saturated rings. The average Bonchev–Trinajstić information content (AvgIpc) is 3.40. The zero-order valence-corrected chi connectivity index (χ0v) is 26.3. The molecule has 0 spiro atoms. The second-order valence-corrected chi connectivity index (χ2v) is 21.4. The van der Waals surface area contributed by atoms with Gasteiger partial charge in [-0.25, -0.2) is 4.39 Å². The Bertz CT molecular complexity index is 2060. The molecule has 0 saturated carbocycles. The van der Waals surface area contributed by atoms with Gasteiger partial charge in [-0.1, -0.05) is 116 Å². The minimum atomic E-state index is -2.48. The number of furan rings is 1. The summed E-state index contributed by atoms with van der Waals surface area (Å²) < 4.78 is 23.0. The van der Waals surface area contributed by atoms with Crippen LogP contribution in [0.2, 0.25) is 26.2 Å². The SMILES string of the molecule is C[Si](C)(C)c1ccnc(-c2cccc3c2oc2c3ccc3cc([Si](C)(c4ccccc4)c4ccccc4)cc(F)c32)c1. The monoisotopic (exact) mass is 581 g/mol. The molecular formula is C37H32FNOSi2. The Morgan fingerprint density at radius 2 is 1.26 bits per heavy atom. The minimum Gasteiger partial charge on any atom is -0.455 e. The molecule has 0 bridgehead atoms. The van der Waals surface area contributed by atoms with Gasteiger partial charge in [-0.05, 0) is 51.3 Å². The van der Waals surface area contributed by atoms with E-state index in [1.165, 1.54) is 15.6 Å². The Labute approximate surface area is 247 Å². The molecule has 0 saturated heterocycles. The number of rotatable bonds is 5. The van der Waals surface area contributed by atoms with Gasteiger partial charge in [0.25, 0.3) is 0 Å². The van der Waals surface area contributed by atoms with Crippen LogP contribution in [-0.4, -0.2) is 21.1 Å². The Morgan fingerprint density at radius 1 is 0.595 bits per heavy atom. The fourth-order valence-corrected chi connectivity index (χ4v) is 11.0. The molecule has 206 valence electrons. The lowest BCUT2D eigenvalue weighted by molar-refractivity contribution is 0.634. The molecule has 5 heteroatoms. The maximum absolute atomic E-state index is 16.4. The van der Waals surface area contributed by atoms with E-state index in [4.69, 9.17) is 9.40 Å². The predicted octanol–water partition coefficient (Wildman–Crippen LogP) is 7.59. The first kappa shape index (κ1) is 26.6. The highest BCUT2D eigenvalue weighted by molar-refractivity contribution is 7.10. The number of pyridine rings is 1. The largest absolute Gasteiger partial charge is 0.455 e. The first-order valence-corrected chi connectivity index (χ1v) is 20.4. The predicted molar refractivity (Wildman–Crippen MR) is 181 cm³/mol. The summed E-state index contributed by atoms with van der Waals surface area (Å²) in [6.07, 6.45) is 1.89. The van der Waals surface area contributed by atoms with Crippen LogP contribution in [0, 0.1) is 5.82 Å². The summed E-state index contributed by atoms with van der Waals surface area (Å²) in [4.78, 5) is 4.71. The van der Waals surface area contributed by atoms with Crippen molar-refractivity contribution >= 4 is 69.6 Å². The van der Waals surface area contributed by atoms with Gasteiger partial charge in [0.05, 0.1) is 19.2 Å². The highest BCUT2D eigenvalue weighted by atomic mass is 28.3. The lowest BCUT2D eigenvalue weighted by atomic mass is 10.0. The highest BCUT2D eigenvalue weighted by Crippen LogP contribution is 2.39. The summed E-state index contributed by atoms with van der Waals surface area (Å²) in [5.41, 5.74) is 3.15. The number of hydrogen-bond acceptors (Lipinski definition) is 2. The van der Waals surface area contributed by atoms with Gasteiger partial charge in [-0.2, -0.15) is 0 Å². The van der Waals surface area contributed by atoms with E-state index in [0.29, 0.717) is 11.0 Å². The molecule has 0 radical (unpaired) electrons. The van der Waals surface area contributed by atoms with Crippen molar-refractivity contribution in [1.29, 1.82) is 0 Å². The van der Waals surface area contributed by atoms with Gasteiger partial charge in [0.1, 0.15) is 25.1 Å². The van der Waals surface area contributed by atoms with Crippen LogP contribution < -0.4 is 20.7 Å². The molecule has 0 atom stereocenters. The summed E-state index contributed by atoms with van der Waals surface area (Å²) in [6, 6.07) is 39.6. The molecule has 0 unspecified atom stereocenters. The normalized spacial score (nSPS) is 12.4. The smallest absolute Gasteiger partial charge is 0.146 e. The second kappa shape index (κ2) is 9.90. The van der Waals surface area contributed by atoms with Gasteiger partial charge in [0.2, 0.25) is 0 Å². The van der Waals surface area contributed by atoms with Crippen molar-refractivity contribution in [2.45, 2.75) is 26.2 Å². The summed E-state index contributed by atoms with van der Waals surface area (Å²) in [5.74, 6) is -0.252. The van der Waals surface area contributed by atoms with E-state index < -0.39 is 16.1 Å². The van der Waals surface area contributed by atoms with E-state index >= 15 is 4.39 Å². The van der Waals surface area contributed by atoms with Crippen molar-refractivity contribution in [2.24, 2.45) is 0 Å². The molecule has 2 aromatic heterocycles. The van der Waals surface area contributed by atoms with Crippen LogP contribution >= 0.6 is 0 Å². The Morgan fingerprint density at radius 3 is 1.93 bits per heavy atom. The Kier molecular flexibility index (Phi) is 6.26. The van der Waals surface area contributed by atoms with Gasteiger partial charge < -0.3 is 4.42 Å². The molecule has 2 nitrogen and oxygen atoms in total. The second-order valence-electron chi connectivity index (χ2n) is 12.3. The molecule has 0 N–H and O–H groups in total. The van der Waals surface area contributed by atoms with Crippen molar-refractivity contribution in [2.75, 3.05) is 0 Å². The van der Waals surface area contributed by atoms with Crippen LogP contribution in [0.3, 0.4) is 0 Å². The van der Waals surface area contributed by atoms with Crippen LogP contribution in [0.1, 0.15) is 0 Å². The van der Waals surface area contributed by atoms with Crippen LogP contribution in [0.15, 0.2) is 126 Å². The van der Waals surface area contributed by atoms with Crippen molar-refractivity contribution in [1.82, 2.24) is 4.98 Å². The Balaban J connectivity index is 1.45.